The van der Waals surface area contributed by atoms with Gasteiger partial charge in [-0.1, -0.05) is 11.6 Å². The molecule has 8 heteroatoms. The lowest BCUT2D eigenvalue weighted by molar-refractivity contribution is 0.0981. The van der Waals surface area contributed by atoms with E-state index < -0.39 is 46.9 Å². The quantitative estimate of drug-likeness (QED) is 0.372. The van der Waals surface area contributed by atoms with Crippen LogP contribution in [0.25, 0.3) is 0 Å². The fraction of sp³-hybridized carbons (Fsp3) is 0.0769. The van der Waals surface area contributed by atoms with E-state index in [1.807, 2.05) is 0 Å². The highest BCUT2D eigenvalue weighted by Gasteiger charge is 2.29. The van der Waals surface area contributed by atoms with Crippen LogP contribution in [0.4, 0.5) is 22.0 Å². The molecule has 0 spiro atoms. The molecule has 0 unspecified atom stereocenters. The van der Waals surface area contributed by atoms with Crippen LogP contribution in [0.5, 0.6) is 0 Å². The molecule has 2 nitrogen and oxygen atoms in total. The summed E-state index contributed by atoms with van der Waals surface area (Å²) in [5.74, 6) is -12.3. The number of hydrogen-bond donors (Lipinski definition) is 0. The molecule has 0 fully saturated rings. The molecule has 0 saturated heterocycles. The number of pyridine rings is 1. The van der Waals surface area contributed by atoms with Crippen molar-refractivity contribution in [1.29, 1.82) is 0 Å². The van der Waals surface area contributed by atoms with E-state index in [1.54, 1.807) is 0 Å². The number of carbonyl (C=O) groups is 1. The predicted molar refractivity (Wildman–Crippen MR) is 63.5 cm³/mol. The Morgan fingerprint density at radius 3 is 2.05 bits per heavy atom. The number of halogens is 6. The van der Waals surface area contributed by atoms with Crippen LogP contribution in [-0.2, 0) is 6.42 Å². The first-order valence-corrected chi connectivity index (χ1v) is 5.85. The Labute approximate surface area is 120 Å². The molecule has 2 rings (SSSR count). The lowest BCUT2D eigenvalue weighted by Crippen LogP contribution is -2.14. The van der Waals surface area contributed by atoms with Crippen LogP contribution >= 0.6 is 11.6 Å². The van der Waals surface area contributed by atoms with Crippen molar-refractivity contribution in [3.05, 3.63) is 63.7 Å². The van der Waals surface area contributed by atoms with Gasteiger partial charge in [-0.25, -0.2) is 22.0 Å². The number of rotatable bonds is 3. The van der Waals surface area contributed by atoms with E-state index in [-0.39, 0.29) is 10.6 Å². The smallest absolute Gasteiger partial charge is 0.200 e. The van der Waals surface area contributed by atoms with Crippen LogP contribution < -0.4 is 0 Å². The highest BCUT2D eigenvalue weighted by molar-refractivity contribution is 6.31. The minimum atomic E-state index is -2.32. The van der Waals surface area contributed by atoms with Gasteiger partial charge in [0.05, 0.1) is 10.6 Å². The number of hydrogen-bond acceptors (Lipinski definition) is 2. The summed E-state index contributed by atoms with van der Waals surface area (Å²) in [7, 11) is 0. The first kappa shape index (κ1) is 15.4. The van der Waals surface area contributed by atoms with E-state index in [1.165, 1.54) is 18.5 Å². The van der Waals surface area contributed by atoms with E-state index >= 15 is 0 Å². The number of aromatic nitrogens is 1. The van der Waals surface area contributed by atoms with Gasteiger partial charge >= 0.3 is 0 Å². The van der Waals surface area contributed by atoms with Crippen LogP contribution in [0.3, 0.4) is 0 Å². The lowest BCUT2D eigenvalue weighted by Gasteiger charge is -2.08. The number of benzene rings is 1. The zero-order chi connectivity index (χ0) is 15.7. The highest BCUT2D eigenvalue weighted by Crippen LogP contribution is 2.25. The number of carbonyl (C=O) groups excluding carboxylic acids is 1. The molecule has 1 aromatic carbocycles. The summed E-state index contributed by atoms with van der Waals surface area (Å²) in [5.41, 5.74) is -1.33. The van der Waals surface area contributed by atoms with Crippen molar-refractivity contribution < 1.29 is 26.7 Å². The molecule has 0 aliphatic rings. The van der Waals surface area contributed by atoms with Gasteiger partial charge in [0.15, 0.2) is 29.1 Å². The van der Waals surface area contributed by atoms with E-state index in [4.69, 9.17) is 11.6 Å². The molecule has 0 saturated carbocycles. The van der Waals surface area contributed by atoms with E-state index in [2.05, 4.69) is 4.98 Å². The molecule has 0 radical (unpaired) electrons. The Balaban J connectivity index is 2.48. The summed E-state index contributed by atoms with van der Waals surface area (Å²) >= 11 is 5.71. The largest absolute Gasteiger partial charge is 0.294 e. The summed E-state index contributed by atoms with van der Waals surface area (Å²) in [6.45, 7) is 0. The van der Waals surface area contributed by atoms with Crippen molar-refractivity contribution >= 4 is 17.4 Å². The third-order valence-corrected chi connectivity index (χ3v) is 3.04. The molecular weight excluding hydrogens is 317 g/mol. The van der Waals surface area contributed by atoms with Gasteiger partial charge in [-0.3, -0.25) is 9.78 Å². The van der Waals surface area contributed by atoms with Gasteiger partial charge in [0.1, 0.15) is 0 Å². The van der Waals surface area contributed by atoms with Crippen LogP contribution in [-0.4, -0.2) is 10.8 Å². The Hall–Kier alpha value is -2.02. The topological polar surface area (TPSA) is 30.0 Å². The van der Waals surface area contributed by atoms with Crippen molar-refractivity contribution in [3.8, 4) is 0 Å². The fourth-order valence-electron chi connectivity index (χ4n) is 1.66. The molecule has 0 bridgehead atoms. The van der Waals surface area contributed by atoms with Gasteiger partial charge in [-0.2, -0.15) is 0 Å². The molecule has 110 valence electrons. The molecular formula is C13H5ClF5NO. The number of ketones is 1. The zero-order valence-corrected chi connectivity index (χ0v) is 10.8. The van der Waals surface area contributed by atoms with Crippen molar-refractivity contribution in [3.63, 3.8) is 0 Å². The average Bonchev–Trinajstić information content (AvgIpc) is 2.46. The maximum absolute atomic E-state index is 13.5. The Bertz CT molecular complexity index is 706. The molecule has 1 aromatic heterocycles. The minimum absolute atomic E-state index is 0.0368. The maximum atomic E-state index is 13.5. The molecule has 0 N–H and O–H groups in total. The molecule has 0 amide bonds. The molecule has 0 aliphatic carbocycles. The third kappa shape index (κ3) is 2.73. The summed E-state index contributed by atoms with van der Waals surface area (Å²) in [4.78, 5) is 15.4. The summed E-state index contributed by atoms with van der Waals surface area (Å²) in [6, 6.07) is 1.30. The zero-order valence-electron chi connectivity index (χ0n) is 10.1. The maximum Gasteiger partial charge on any atom is 0.200 e. The normalized spacial score (nSPS) is 10.8. The van der Waals surface area contributed by atoms with Gasteiger partial charge in [-0.05, 0) is 11.6 Å². The van der Waals surface area contributed by atoms with Crippen LogP contribution in [0.1, 0.15) is 15.9 Å². The molecule has 1 heterocycles. The minimum Gasteiger partial charge on any atom is -0.294 e. The van der Waals surface area contributed by atoms with Crippen LogP contribution in [0.2, 0.25) is 5.02 Å². The van der Waals surface area contributed by atoms with Gasteiger partial charge < -0.3 is 0 Å². The predicted octanol–water partition coefficient (Wildman–Crippen LogP) is 3.86. The first-order valence-electron chi connectivity index (χ1n) is 5.47. The van der Waals surface area contributed by atoms with E-state index in [0.717, 1.165) is 0 Å². The summed E-state index contributed by atoms with van der Waals surface area (Å²) < 4.78 is 65.9. The fourth-order valence-corrected chi connectivity index (χ4v) is 1.84. The molecule has 0 aliphatic heterocycles. The number of Topliss-reactive ketones (excluding diaryl/α,β-unsaturated/α-hetero) is 1. The molecule has 21 heavy (non-hydrogen) atoms. The first-order chi connectivity index (χ1) is 9.84. The third-order valence-electron chi connectivity index (χ3n) is 2.70. The standard InChI is InChI=1S/C13H5ClF5NO/c14-6-4-20-2-1-5(6)3-7(21)8-9(15)11(17)13(19)12(18)10(8)16/h1-2,4H,3H2. The Kier molecular flexibility index (Phi) is 4.22. The van der Waals surface area contributed by atoms with Gasteiger partial charge in [-0.15, -0.1) is 0 Å². The Morgan fingerprint density at radius 2 is 1.52 bits per heavy atom. The second-order valence-electron chi connectivity index (χ2n) is 4.01. The number of nitrogens with zero attached hydrogens (tertiary/aromatic N) is 1. The SMILES string of the molecule is O=C(Cc1ccncc1Cl)c1c(F)c(F)c(F)c(F)c1F. The lowest BCUT2D eigenvalue weighted by atomic mass is 10.0. The second-order valence-corrected chi connectivity index (χ2v) is 4.42. The monoisotopic (exact) mass is 321 g/mol. The van der Waals surface area contributed by atoms with Crippen molar-refractivity contribution in [2.24, 2.45) is 0 Å². The van der Waals surface area contributed by atoms with Gasteiger partial charge in [0, 0.05) is 18.8 Å². The van der Waals surface area contributed by atoms with Crippen LogP contribution in [0, 0.1) is 29.1 Å². The molecule has 2 aromatic rings. The van der Waals surface area contributed by atoms with Crippen molar-refractivity contribution in [2.75, 3.05) is 0 Å². The second kappa shape index (κ2) is 5.77. The van der Waals surface area contributed by atoms with Crippen LogP contribution in [0.15, 0.2) is 18.5 Å². The van der Waals surface area contributed by atoms with E-state index in [9.17, 15) is 26.7 Å². The summed E-state index contributed by atoms with van der Waals surface area (Å²) in [6.07, 6.45) is 1.83. The van der Waals surface area contributed by atoms with Crippen molar-refractivity contribution in [2.45, 2.75) is 6.42 Å². The summed E-state index contributed by atoms with van der Waals surface area (Å²) in [5, 5.41) is 0.0368. The molecule has 0 atom stereocenters. The average molecular weight is 322 g/mol. The Morgan fingerprint density at radius 1 is 1.00 bits per heavy atom. The van der Waals surface area contributed by atoms with Crippen molar-refractivity contribution in [1.82, 2.24) is 4.98 Å². The highest BCUT2D eigenvalue weighted by atomic mass is 35.5. The van der Waals surface area contributed by atoms with E-state index in [0.29, 0.717) is 0 Å². The van der Waals surface area contributed by atoms with Gasteiger partial charge in [0.2, 0.25) is 5.82 Å². The van der Waals surface area contributed by atoms with Gasteiger partial charge in [0.25, 0.3) is 0 Å².